The second-order valence-corrected chi connectivity index (χ2v) is 4.91. The van der Waals surface area contributed by atoms with Gasteiger partial charge < -0.3 is 19.1 Å². The average molecular weight is 303 g/mol. The number of methoxy groups -OCH3 is 2. The number of nitrogens with zero attached hydrogens (tertiary/aromatic N) is 1. The molecule has 5 heteroatoms. The first-order chi connectivity index (χ1) is 10.7. The summed E-state index contributed by atoms with van der Waals surface area (Å²) in [5.74, 6) is 0.708. The number of para-hydroxylation sites is 1. The van der Waals surface area contributed by atoms with Crippen LogP contribution in [0.25, 0.3) is 11.3 Å². The Bertz CT molecular complexity index is 679. The lowest BCUT2D eigenvalue weighted by atomic mass is 10.1. The zero-order valence-electron chi connectivity index (χ0n) is 12.9. The van der Waals surface area contributed by atoms with Crippen LogP contribution in [0, 0.1) is 0 Å². The lowest BCUT2D eigenvalue weighted by Gasteiger charge is -2.16. The van der Waals surface area contributed by atoms with E-state index in [-0.39, 0.29) is 12.2 Å². The van der Waals surface area contributed by atoms with Crippen molar-refractivity contribution in [3.63, 3.8) is 0 Å². The maximum absolute atomic E-state index is 12.5. The Morgan fingerprint density at radius 1 is 1.14 bits per heavy atom. The van der Waals surface area contributed by atoms with Crippen molar-refractivity contribution in [3.8, 4) is 17.0 Å². The van der Waals surface area contributed by atoms with Crippen molar-refractivity contribution >= 4 is 0 Å². The van der Waals surface area contributed by atoms with E-state index in [4.69, 9.17) is 9.47 Å². The molecule has 0 radical (unpaired) electrons. The maximum atomic E-state index is 12.5. The molecule has 2 aromatic rings. The van der Waals surface area contributed by atoms with E-state index in [9.17, 15) is 9.90 Å². The van der Waals surface area contributed by atoms with Gasteiger partial charge in [-0.3, -0.25) is 4.79 Å². The Hall–Kier alpha value is -2.11. The quantitative estimate of drug-likeness (QED) is 0.795. The van der Waals surface area contributed by atoms with Gasteiger partial charge in [-0.2, -0.15) is 0 Å². The molecule has 22 heavy (non-hydrogen) atoms. The third kappa shape index (κ3) is 3.37. The van der Waals surface area contributed by atoms with Crippen molar-refractivity contribution < 1.29 is 14.6 Å². The number of hydrogen-bond donors (Lipinski definition) is 1. The van der Waals surface area contributed by atoms with Crippen LogP contribution < -0.4 is 10.3 Å². The number of aliphatic hydroxyl groups excluding tert-OH is 1. The maximum Gasteiger partial charge on any atom is 0.256 e. The van der Waals surface area contributed by atoms with Crippen LogP contribution in [0.2, 0.25) is 0 Å². The third-order valence-corrected chi connectivity index (χ3v) is 3.54. The standard InChI is InChI=1S/C17H21NO4/c1-21-11-5-10-18-15(9-8-13(12-19)17(18)20)14-6-3-4-7-16(14)22-2/h3-4,6-9,19H,5,10-12H2,1-2H3. The molecule has 0 amide bonds. The first-order valence-electron chi connectivity index (χ1n) is 7.18. The molecule has 2 rings (SSSR count). The van der Waals surface area contributed by atoms with E-state index in [1.807, 2.05) is 30.3 Å². The molecule has 1 heterocycles. The molecule has 0 bridgehead atoms. The Morgan fingerprint density at radius 3 is 2.59 bits per heavy atom. The van der Waals surface area contributed by atoms with E-state index in [0.29, 0.717) is 30.9 Å². The summed E-state index contributed by atoms with van der Waals surface area (Å²) in [5.41, 5.74) is 1.83. The highest BCUT2D eigenvalue weighted by Gasteiger charge is 2.13. The lowest BCUT2D eigenvalue weighted by molar-refractivity contribution is 0.190. The van der Waals surface area contributed by atoms with Gasteiger partial charge >= 0.3 is 0 Å². The Labute approximate surface area is 129 Å². The second-order valence-electron chi connectivity index (χ2n) is 4.91. The number of rotatable bonds is 7. The first-order valence-corrected chi connectivity index (χ1v) is 7.18. The molecule has 0 saturated heterocycles. The zero-order valence-corrected chi connectivity index (χ0v) is 12.9. The zero-order chi connectivity index (χ0) is 15.9. The molecule has 5 nitrogen and oxygen atoms in total. The number of aliphatic hydroxyl groups is 1. The Morgan fingerprint density at radius 2 is 1.91 bits per heavy atom. The fraction of sp³-hybridized carbons (Fsp3) is 0.353. The molecular weight excluding hydrogens is 282 g/mol. The summed E-state index contributed by atoms with van der Waals surface area (Å²) in [5, 5.41) is 9.31. The highest BCUT2D eigenvalue weighted by molar-refractivity contribution is 5.67. The molecule has 0 atom stereocenters. The van der Waals surface area contributed by atoms with Crippen molar-refractivity contribution in [3.05, 3.63) is 52.3 Å². The van der Waals surface area contributed by atoms with Gasteiger partial charge in [0, 0.05) is 31.4 Å². The number of pyridine rings is 1. The van der Waals surface area contributed by atoms with Gasteiger partial charge in [0.2, 0.25) is 0 Å². The van der Waals surface area contributed by atoms with Crippen LogP contribution in [0.3, 0.4) is 0 Å². The van der Waals surface area contributed by atoms with Gasteiger partial charge in [-0.1, -0.05) is 12.1 Å². The van der Waals surface area contributed by atoms with Crippen LogP contribution in [0.15, 0.2) is 41.2 Å². The minimum atomic E-state index is -0.269. The summed E-state index contributed by atoms with van der Waals surface area (Å²) in [6, 6.07) is 11.1. The van der Waals surface area contributed by atoms with Crippen molar-refractivity contribution in [1.29, 1.82) is 0 Å². The summed E-state index contributed by atoms with van der Waals surface area (Å²) in [7, 11) is 3.24. The number of hydrogen-bond acceptors (Lipinski definition) is 4. The average Bonchev–Trinajstić information content (AvgIpc) is 2.56. The molecule has 0 aliphatic carbocycles. The Kier molecular flexibility index (Phi) is 5.75. The number of benzene rings is 1. The summed E-state index contributed by atoms with van der Waals surface area (Å²) < 4.78 is 12.1. The van der Waals surface area contributed by atoms with E-state index in [1.165, 1.54) is 0 Å². The minimum absolute atomic E-state index is 0.179. The Balaban J connectivity index is 2.54. The van der Waals surface area contributed by atoms with Crippen molar-refractivity contribution in [2.45, 2.75) is 19.6 Å². The summed E-state index contributed by atoms with van der Waals surface area (Å²) >= 11 is 0. The van der Waals surface area contributed by atoms with E-state index < -0.39 is 0 Å². The van der Waals surface area contributed by atoms with Gasteiger partial charge in [-0.25, -0.2) is 0 Å². The van der Waals surface area contributed by atoms with E-state index in [2.05, 4.69) is 0 Å². The smallest absolute Gasteiger partial charge is 0.256 e. The monoisotopic (exact) mass is 303 g/mol. The van der Waals surface area contributed by atoms with Crippen molar-refractivity contribution in [1.82, 2.24) is 4.57 Å². The third-order valence-electron chi connectivity index (χ3n) is 3.54. The fourth-order valence-corrected chi connectivity index (χ4v) is 2.42. The number of ether oxygens (including phenoxy) is 2. The van der Waals surface area contributed by atoms with Gasteiger partial charge in [0.05, 0.1) is 19.4 Å². The van der Waals surface area contributed by atoms with Gasteiger partial charge in [0.1, 0.15) is 5.75 Å². The molecule has 118 valence electrons. The van der Waals surface area contributed by atoms with Gasteiger partial charge in [0.25, 0.3) is 5.56 Å². The molecule has 0 fully saturated rings. The molecule has 0 aliphatic heterocycles. The van der Waals surface area contributed by atoms with Gasteiger partial charge in [-0.15, -0.1) is 0 Å². The molecule has 1 aromatic heterocycles. The molecule has 1 aromatic carbocycles. The molecule has 0 aliphatic rings. The van der Waals surface area contributed by atoms with Gasteiger partial charge in [0.15, 0.2) is 0 Å². The van der Waals surface area contributed by atoms with Crippen LogP contribution in [0.4, 0.5) is 0 Å². The van der Waals surface area contributed by atoms with Gasteiger partial charge in [-0.05, 0) is 30.7 Å². The summed E-state index contributed by atoms with van der Waals surface area (Å²) in [4.78, 5) is 12.5. The predicted octanol–water partition coefficient (Wildman–Crippen LogP) is 2.05. The first kappa shape index (κ1) is 16.3. The van der Waals surface area contributed by atoms with Crippen LogP contribution in [0.1, 0.15) is 12.0 Å². The predicted molar refractivity (Wildman–Crippen MR) is 85.1 cm³/mol. The molecular formula is C17H21NO4. The molecule has 1 N–H and O–H groups in total. The van der Waals surface area contributed by atoms with Crippen molar-refractivity contribution in [2.75, 3.05) is 20.8 Å². The van der Waals surface area contributed by atoms with Crippen LogP contribution >= 0.6 is 0 Å². The highest BCUT2D eigenvalue weighted by Crippen LogP contribution is 2.29. The molecule has 0 spiro atoms. The number of aromatic nitrogens is 1. The SMILES string of the molecule is COCCCn1c(-c2ccccc2OC)ccc(CO)c1=O. The fourth-order valence-electron chi connectivity index (χ4n) is 2.42. The second kappa shape index (κ2) is 7.77. The topological polar surface area (TPSA) is 60.7 Å². The minimum Gasteiger partial charge on any atom is -0.496 e. The summed E-state index contributed by atoms with van der Waals surface area (Å²) in [6.45, 7) is 0.824. The van der Waals surface area contributed by atoms with Crippen LogP contribution in [-0.2, 0) is 17.9 Å². The normalized spacial score (nSPS) is 10.7. The molecule has 0 saturated carbocycles. The summed E-state index contributed by atoms with van der Waals surface area (Å²) in [6.07, 6.45) is 0.716. The highest BCUT2D eigenvalue weighted by atomic mass is 16.5. The van der Waals surface area contributed by atoms with Crippen LogP contribution in [-0.4, -0.2) is 30.5 Å². The molecule has 0 unspecified atom stereocenters. The van der Waals surface area contributed by atoms with Crippen LogP contribution in [0.5, 0.6) is 5.75 Å². The van der Waals surface area contributed by atoms with Crippen molar-refractivity contribution in [2.24, 2.45) is 0 Å². The lowest BCUT2D eigenvalue weighted by Crippen LogP contribution is -2.25. The largest absolute Gasteiger partial charge is 0.496 e. The van der Waals surface area contributed by atoms with E-state index in [1.54, 1.807) is 24.9 Å². The van der Waals surface area contributed by atoms with E-state index in [0.717, 1.165) is 11.3 Å². The van der Waals surface area contributed by atoms with E-state index >= 15 is 0 Å².